The fourth-order valence-electron chi connectivity index (χ4n) is 4.26. The summed E-state index contributed by atoms with van der Waals surface area (Å²) in [6, 6.07) is 41.6. The van der Waals surface area contributed by atoms with Gasteiger partial charge in [-0.1, -0.05) is 68.3 Å². The van der Waals surface area contributed by atoms with Crippen molar-refractivity contribution in [1.82, 2.24) is 9.97 Å². The van der Waals surface area contributed by atoms with Crippen molar-refractivity contribution in [3.05, 3.63) is 133 Å². The molecule has 179 valence electrons. The maximum absolute atomic E-state index is 4.52. The molecule has 1 radical (unpaired) electrons. The Morgan fingerprint density at radius 3 is 1.72 bits per heavy atom. The zero-order chi connectivity index (χ0) is 23.9. The van der Waals surface area contributed by atoms with Gasteiger partial charge in [0, 0.05) is 32.5 Å². The Bertz CT molecular complexity index is 1530. The maximum Gasteiger partial charge on any atom is 0.0167 e. The summed E-state index contributed by atoms with van der Waals surface area (Å²) >= 11 is 0. The van der Waals surface area contributed by atoms with E-state index >= 15 is 0 Å². The number of pyridine rings is 2. The molecule has 2 heterocycles. The number of hydrogen-bond acceptors (Lipinski definition) is 2. The molecular weight excluding hydrogens is 617 g/mol. The van der Waals surface area contributed by atoms with Gasteiger partial charge in [0.2, 0.25) is 0 Å². The van der Waals surface area contributed by atoms with Gasteiger partial charge >= 0.3 is 0 Å². The van der Waals surface area contributed by atoms with E-state index in [4.69, 9.17) is 0 Å². The van der Waals surface area contributed by atoms with Gasteiger partial charge < -0.3 is 9.97 Å². The van der Waals surface area contributed by atoms with Crippen molar-refractivity contribution in [2.75, 3.05) is 0 Å². The molecule has 0 bridgehead atoms. The van der Waals surface area contributed by atoms with Crippen molar-refractivity contribution < 1.29 is 20.1 Å². The summed E-state index contributed by atoms with van der Waals surface area (Å²) in [6.45, 7) is 2.19. The van der Waals surface area contributed by atoms with Crippen molar-refractivity contribution in [1.29, 1.82) is 0 Å². The Kier molecular flexibility index (Phi) is 8.73. The number of aromatic nitrogens is 2. The molecule has 0 atom stereocenters. The van der Waals surface area contributed by atoms with Gasteiger partial charge in [0.05, 0.1) is 0 Å². The molecular formula is C33H26IrN2-2. The molecule has 6 rings (SSSR count). The molecule has 0 unspecified atom stereocenters. The van der Waals surface area contributed by atoms with Crippen LogP contribution in [0.25, 0.3) is 44.1 Å². The summed E-state index contributed by atoms with van der Waals surface area (Å²) < 4.78 is 0. The molecule has 0 N–H and O–H groups in total. The van der Waals surface area contributed by atoms with Gasteiger partial charge in [-0.25, -0.2) is 0 Å². The van der Waals surface area contributed by atoms with Crippen LogP contribution < -0.4 is 0 Å². The van der Waals surface area contributed by atoms with E-state index in [1.807, 2.05) is 60.9 Å². The van der Waals surface area contributed by atoms with Gasteiger partial charge in [0.1, 0.15) is 0 Å². The number of rotatable bonds is 4. The average Bonchev–Trinajstić information content (AvgIpc) is 2.94. The molecule has 2 nitrogen and oxygen atoms in total. The van der Waals surface area contributed by atoms with Crippen LogP contribution in [0, 0.1) is 12.1 Å². The largest absolute Gasteiger partial charge is 0.304 e. The van der Waals surface area contributed by atoms with Gasteiger partial charge in [-0.15, -0.1) is 71.3 Å². The summed E-state index contributed by atoms with van der Waals surface area (Å²) in [6.07, 6.45) is 5.99. The molecule has 0 saturated heterocycles. The van der Waals surface area contributed by atoms with E-state index < -0.39 is 0 Å². The molecule has 6 aromatic rings. The van der Waals surface area contributed by atoms with Gasteiger partial charge in [0.15, 0.2) is 0 Å². The van der Waals surface area contributed by atoms with Crippen molar-refractivity contribution in [2.24, 2.45) is 0 Å². The third kappa shape index (κ3) is 5.76. The molecule has 2 aromatic heterocycles. The molecule has 4 aromatic carbocycles. The number of fused-ring (bicyclic) bond motifs is 2. The minimum absolute atomic E-state index is 0. The SMILES string of the molecule is CCCc1c[c-]c(-c2nccc3ccccc23)cc1.[Ir].[c-]1ccccc1-c1nccc2ccccc12. The fraction of sp³-hybridized carbons (Fsp3) is 0.0909. The monoisotopic (exact) mass is 643 g/mol. The van der Waals surface area contributed by atoms with Crippen LogP contribution in [0.4, 0.5) is 0 Å². The van der Waals surface area contributed by atoms with Crippen LogP contribution in [-0.2, 0) is 26.5 Å². The topological polar surface area (TPSA) is 25.8 Å². The molecule has 0 saturated carbocycles. The van der Waals surface area contributed by atoms with Crippen molar-refractivity contribution in [3.8, 4) is 22.5 Å². The summed E-state index contributed by atoms with van der Waals surface area (Å²) in [5.74, 6) is 0. The molecule has 36 heavy (non-hydrogen) atoms. The van der Waals surface area contributed by atoms with Gasteiger partial charge in [-0.05, 0) is 45.1 Å². The van der Waals surface area contributed by atoms with E-state index in [1.54, 1.807) is 0 Å². The van der Waals surface area contributed by atoms with Crippen molar-refractivity contribution >= 4 is 21.5 Å². The fourth-order valence-corrected chi connectivity index (χ4v) is 4.26. The van der Waals surface area contributed by atoms with Crippen LogP contribution in [0.1, 0.15) is 18.9 Å². The van der Waals surface area contributed by atoms with E-state index in [0.29, 0.717) is 0 Å². The standard InChI is InChI=1S/C18H16N.C15H10N.Ir/c1-2-5-14-8-10-16(11-9-14)18-17-7-4-3-6-15(17)12-13-19-18;1-2-7-13(8-3-1)15-14-9-5-4-6-12(14)10-11-16-15;/h3-4,6-10,12-13H,2,5H2,1H3;1-7,9-11H;/q2*-1;. The van der Waals surface area contributed by atoms with E-state index in [1.165, 1.54) is 33.5 Å². The quantitative estimate of drug-likeness (QED) is 0.181. The molecule has 0 spiro atoms. The number of aryl methyl sites for hydroxylation is 1. The predicted molar refractivity (Wildman–Crippen MR) is 146 cm³/mol. The van der Waals surface area contributed by atoms with E-state index in [0.717, 1.165) is 28.9 Å². The van der Waals surface area contributed by atoms with Gasteiger partial charge in [0.25, 0.3) is 0 Å². The number of nitrogens with zero attached hydrogens (tertiary/aromatic N) is 2. The second kappa shape index (κ2) is 12.4. The van der Waals surface area contributed by atoms with Crippen LogP contribution in [0.3, 0.4) is 0 Å². The first-order valence-corrected chi connectivity index (χ1v) is 12.0. The first-order chi connectivity index (χ1) is 17.3. The van der Waals surface area contributed by atoms with Crippen molar-refractivity contribution in [3.63, 3.8) is 0 Å². The van der Waals surface area contributed by atoms with Crippen LogP contribution in [0.2, 0.25) is 0 Å². The van der Waals surface area contributed by atoms with Gasteiger partial charge in [-0.3, -0.25) is 0 Å². The second-order valence-electron chi connectivity index (χ2n) is 8.40. The van der Waals surface area contributed by atoms with E-state index in [9.17, 15) is 0 Å². The third-order valence-corrected chi connectivity index (χ3v) is 5.98. The molecule has 0 aliphatic carbocycles. The Morgan fingerprint density at radius 1 is 0.611 bits per heavy atom. The minimum atomic E-state index is 0. The summed E-state index contributed by atoms with van der Waals surface area (Å²) in [5, 5.41) is 4.79. The number of benzene rings is 4. The summed E-state index contributed by atoms with van der Waals surface area (Å²) in [5.41, 5.74) is 5.46. The van der Waals surface area contributed by atoms with Crippen LogP contribution in [0.15, 0.2) is 116 Å². The van der Waals surface area contributed by atoms with Crippen LogP contribution in [0.5, 0.6) is 0 Å². The van der Waals surface area contributed by atoms with E-state index in [2.05, 4.69) is 83.6 Å². The molecule has 0 aliphatic heterocycles. The Balaban J connectivity index is 0.000000167. The normalized spacial score (nSPS) is 10.4. The third-order valence-electron chi connectivity index (χ3n) is 5.98. The Hall–Kier alpha value is -3.65. The van der Waals surface area contributed by atoms with Crippen molar-refractivity contribution in [2.45, 2.75) is 19.8 Å². The first kappa shape index (κ1) is 25.4. The van der Waals surface area contributed by atoms with Crippen LogP contribution in [-0.4, -0.2) is 9.97 Å². The Labute approximate surface area is 226 Å². The van der Waals surface area contributed by atoms with Gasteiger partial charge in [-0.2, -0.15) is 0 Å². The molecule has 0 aliphatic rings. The molecule has 0 amide bonds. The van der Waals surface area contributed by atoms with E-state index in [-0.39, 0.29) is 20.1 Å². The smallest absolute Gasteiger partial charge is 0.0167 e. The van der Waals surface area contributed by atoms with Crippen LogP contribution >= 0.6 is 0 Å². The minimum Gasteiger partial charge on any atom is -0.304 e. The number of hydrogen-bond donors (Lipinski definition) is 0. The second-order valence-corrected chi connectivity index (χ2v) is 8.40. The first-order valence-electron chi connectivity index (χ1n) is 12.0. The molecule has 0 fully saturated rings. The summed E-state index contributed by atoms with van der Waals surface area (Å²) in [4.78, 5) is 8.97. The zero-order valence-corrected chi connectivity index (χ0v) is 22.5. The zero-order valence-electron chi connectivity index (χ0n) is 20.1. The molecule has 3 heteroatoms. The average molecular weight is 643 g/mol. The summed E-state index contributed by atoms with van der Waals surface area (Å²) in [7, 11) is 0. The predicted octanol–water partition coefficient (Wildman–Crippen LogP) is 8.35. The Morgan fingerprint density at radius 2 is 1.19 bits per heavy atom. The maximum atomic E-state index is 4.52.